The lowest BCUT2D eigenvalue weighted by atomic mass is 9.96. The molecule has 0 fully saturated rings. The quantitative estimate of drug-likeness (QED) is 0.810. The number of hydrogen-bond donors (Lipinski definition) is 1. The number of benzene rings is 2. The van der Waals surface area contributed by atoms with Crippen molar-refractivity contribution in [2.75, 3.05) is 13.4 Å². The second-order valence-corrected chi connectivity index (χ2v) is 9.12. The number of carbonyl (C=O) groups excluding carboxylic acids is 1. The third kappa shape index (κ3) is 4.89. The molecule has 1 amide bonds. The fourth-order valence-corrected chi connectivity index (χ4v) is 3.56. The average molecular weight is 390 g/mol. The van der Waals surface area contributed by atoms with Gasteiger partial charge in [-0.1, -0.05) is 26.0 Å². The van der Waals surface area contributed by atoms with Gasteiger partial charge in [0.1, 0.15) is 5.75 Å². The second-order valence-electron chi connectivity index (χ2n) is 7.10. The maximum Gasteiger partial charge on any atom is 0.252 e. The molecule has 6 heteroatoms. The molecular weight excluding hydrogens is 362 g/mol. The van der Waals surface area contributed by atoms with Crippen molar-refractivity contribution < 1.29 is 17.9 Å². The SMILES string of the molecule is COc1cc(C)c(C(=O)NC(C)c2ccc(S(C)(=O)=O)cc2)cc1C(C)C. The standard InChI is InChI=1S/C21H27NO4S/c1-13(2)18-12-19(14(3)11-20(18)26-5)21(23)22-15(4)16-7-9-17(10-8-16)27(6,24)25/h7-13,15H,1-6H3,(H,22,23). The molecule has 0 spiro atoms. The molecule has 0 radical (unpaired) electrons. The summed E-state index contributed by atoms with van der Waals surface area (Å²) in [5, 5.41) is 2.99. The number of ether oxygens (including phenoxy) is 1. The number of methoxy groups -OCH3 is 1. The van der Waals surface area contributed by atoms with Crippen LogP contribution in [0.4, 0.5) is 0 Å². The van der Waals surface area contributed by atoms with Crippen molar-refractivity contribution in [2.45, 2.75) is 44.6 Å². The van der Waals surface area contributed by atoms with Crippen molar-refractivity contribution in [1.82, 2.24) is 5.32 Å². The van der Waals surface area contributed by atoms with Crippen LogP contribution in [0.25, 0.3) is 0 Å². The lowest BCUT2D eigenvalue weighted by molar-refractivity contribution is 0.0939. The number of aryl methyl sites for hydroxylation is 1. The molecule has 0 aliphatic carbocycles. The molecule has 0 saturated carbocycles. The van der Waals surface area contributed by atoms with Crippen molar-refractivity contribution >= 4 is 15.7 Å². The van der Waals surface area contributed by atoms with Gasteiger partial charge < -0.3 is 10.1 Å². The zero-order valence-electron chi connectivity index (χ0n) is 16.7. The van der Waals surface area contributed by atoms with Gasteiger partial charge >= 0.3 is 0 Å². The van der Waals surface area contributed by atoms with Crippen LogP contribution in [0, 0.1) is 6.92 Å². The van der Waals surface area contributed by atoms with E-state index >= 15 is 0 Å². The molecule has 27 heavy (non-hydrogen) atoms. The van der Waals surface area contributed by atoms with E-state index in [2.05, 4.69) is 19.2 Å². The van der Waals surface area contributed by atoms with Gasteiger partial charge in [0, 0.05) is 11.8 Å². The van der Waals surface area contributed by atoms with Gasteiger partial charge in [-0.25, -0.2) is 8.42 Å². The highest BCUT2D eigenvalue weighted by atomic mass is 32.2. The number of nitrogens with one attached hydrogen (secondary N) is 1. The molecule has 0 saturated heterocycles. The van der Waals surface area contributed by atoms with Crippen LogP contribution < -0.4 is 10.1 Å². The predicted molar refractivity (Wildman–Crippen MR) is 107 cm³/mol. The maximum absolute atomic E-state index is 12.8. The number of carbonyl (C=O) groups is 1. The molecule has 1 N–H and O–H groups in total. The van der Waals surface area contributed by atoms with E-state index in [9.17, 15) is 13.2 Å². The molecular formula is C21H27NO4S. The van der Waals surface area contributed by atoms with Crippen LogP contribution in [-0.2, 0) is 9.84 Å². The minimum Gasteiger partial charge on any atom is -0.496 e. The van der Waals surface area contributed by atoms with E-state index < -0.39 is 9.84 Å². The van der Waals surface area contributed by atoms with Crippen LogP contribution >= 0.6 is 0 Å². The van der Waals surface area contributed by atoms with Crippen molar-refractivity contribution in [3.05, 3.63) is 58.7 Å². The average Bonchev–Trinajstić information content (AvgIpc) is 2.60. The molecule has 0 heterocycles. The highest BCUT2D eigenvalue weighted by Gasteiger charge is 2.18. The number of hydrogen-bond acceptors (Lipinski definition) is 4. The Balaban J connectivity index is 2.25. The third-order valence-electron chi connectivity index (χ3n) is 4.60. The maximum atomic E-state index is 12.8. The summed E-state index contributed by atoms with van der Waals surface area (Å²) in [6.07, 6.45) is 1.17. The summed E-state index contributed by atoms with van der Waals surface area (Å²) in [5.41, 5.74) is 3.27. The lowest BCUT2D eigenvalue weighted by Crippen LogP contribution is -2.27. The lowest BCUT2D eigenvalue weighted by Gasteiger charge is -2.18. The summed E-state index contributed by atoms with van der Waals surface area (Å²) in [7, 11) is -1.61. The molecule has 146 valence electrons. The minimum absolute atomic E-state index is 0.170. The Hall–Kier alpha value is -2.34. The van der Waals surface area contributed by atoms with E-state index in [-0.39, 0.29) is 22.8 Å². The fraction of sp³-hybridized carbons (Fsp3) is 0.381. The van der Waals surface area contributed by atoms with Crippen LogP contribution in [0.1, 0.15) is 59.8 Å². The highest BCUT2D eigenvalue weighted by Crippen LogP contribution is 2.30. The van der Waals surface area contributed by atoms with Gasteiger partial charge in [-0.15, -0.1) is 0 Å². The van der Waals surface area contributed by atoms with Crippen LogP contribution in [-0.4, -0.2) is 27.7 Å². The summed E-state index contributed by atoms with van der Waals surface area (Å²) in [6.45, 7) is 7.87. The monoisotopic (exact) mass is 389 g/mol. The van der Waals surface area contributed by atoms with Gasteiger partial charge in [0.25, 0.3) is 5.91 Å². The first-order chi connectivity index (χ1) is 12.5. The normalized spacial score (nSPS) is 12.7. The number of amides is 1. The Labute approximate surface area is 161 Å². The minimum atomic E-state index is -3.24. The van der Waals surface area contributed by atoms with Crippen LogP contribution in [0.2, 0.25) is 0 Å². The van der Waals surface area contributed by atoms with Gasteiger partial charge in [-0.05, 0) is 60.7 Å². The van der Waals surface area contributed by atoms with Crippen LogP contribution in [0.15, 0.2) is 41.3 Å². The molecule has 0 aromatic heterocycles. The summed E-state index contributed by atoms with van der Waals surface area (Å²) in [4.78, 5) is 13.1. The van der Waals surface area contributed by atoms with Crippen molar-refractivity contribution in [3.63, 3.8) is 0 Å². The molecule has 1 unspecified atom stereocenters. The summed E-state index contributed by atoms with van der Waals surface area (Å²) in [5.74, 6) is 0.841. The summed E-state index contributed by atoms with van der Waals surface area (Å²) >= 11 is 0. The predicted octanol–water partition coefficient (Wildman–Crippen LogP) is 4.02. The zero-order valence-corrected chi connectivity index (χ0v) is 17.5. The van der Waals surface area contributed by atoms with Gasteiger partial charge in [-0.3, -0.25) is 4.79 Å². The topological polar surface area (TPSA) is 72.5 Å². The Bertz CT molecular complexity index is 931. The van der Waals surface area contributed by atoms with Crippen molar-refractivity contribution in [2.24, 2.45) is 0 Å². The Kier molecular flexibility index (Phi) is 6.31. The first kappa shape index (κ1) is 21.0. The molecule has 5 nitrogen and oxygen atoms in total. The van der Waals surface area contributed by atoms with Gasteiger partial charge in [-0.2, -0.15) is 0 Å². The molecule has 0 aliphatic rings. The summed E-state index contributed by atoms with van der Waals surface area (Å²) < 4.78 is 28.6. The molecule has 0 bridgehead atoms. The van der Waals surface area contributed by atoms with E-state index in [1.165, 1.54) is 6.26 Å². The van der Waals surface area contributed by atoms with Crippen molar-refractivity contribution in [1.29, 1.82) is 0 Å². The van der Waals surface area contributed by atoms with E-state index in [1.54, 1.807) is 31.4 Å². The fourth-order valence-electron chi connectivity index (χ4n) is 2.93. The van der Waals surface area contributed by atoms with E-state index in [1.807, 2.05) is 26.0 Å². The smallest absolute Gasteiger partial charge is 0.252 e. The van der Waals surface area contributed by atoms with Gasteiger partial charge in [0.2, 0.25) is 0 Å². The molecule has 2 rings (SSSR count). The Morgan fingerprint density at radius 3 is 2.15 bits per heavy atom. The summed E-state index contributed by atoms with van der Waals surface area (Å²) in [6, 6.07) is 10.1. The highest BCUT2D eigenvalue weighted by molar-refractivity contribution is 7.90. The zero-order chi connectivity index (χ0) is 20.4. The molecule has 2 aromatic carbocycles. The third-order valence-corrected chi connectivity index (χ3v) is 5.73. The number of sulfone groups is 1. The first-order valence-electron chi connectivity index (χ1n) is 8.84. The molecule has 0 aliphatic heterocycles. The van der Waals surface area contributed by atoms with Crippen LogP contribution in [0.5, 0.6) is 5.75 Å². The number of rotatable bonds is 6. The second kappa shape index (κ2) is 8.13. The molecule has 1 atom stereocenters. The molecule has 2 aromatic rings. The van der Waals surface area contributed by atoms with E-state index in [0.29, 0.717) is 5.56 Å². The van der Waals surface area contributed by atoms with Gasteiger partial charge in [0.15, 0.2) is 9.84 Å². The van der Waals surface area contributed by atoms with Crippen LogP contribution in [0.3, 0.4) is 0 Å². The largest absolute Gasteiger partial charge is 0.496 e. The van der Waals surface area contributed by atoms with Gasteiger partial charge in [0.05, 0.1) is 18.0 Å². The first-order valence-corrected chi connectivity index (χ1v) is 10.7. The Morgan fingerprint density at radius 2 is 1.67 bits per heavy atom. The van der Waals surface area contributed by atoms with E-state index in [0.717, 1.165) is 22.4 Å². The Morgan fingerprint density at radius 1 is 1.07 bits per heavy atom. The van der Waals surface area contributed by atoms with E-state index in [4.69, 9.17) is 4.74 Å². The van der Waals surface area contributed by atoms with Crippen molar-refractivity contribution in [3.8, 4) is 5.75 Å².